The molecule has 0 N–H and O–H groups in total. The molecule has 0 atom stereocenters. The summed E-state index contributed by atoms with van der Waals surface area (Å²) >= 11 is 0. The Kier molecular flexibility index (Phi) is 8.75. The number of pyridine rings is 1. The van der Waals surface area contributed by atoms with Crippen LogP contribution in [0.3, 0.4) is 0 Å². The van der Waals surface area contributed by atoms with Crippen LogP contribution in [-0.2, 0) is 5.54 Å². The van der Waals surface area contributed by atoms with Crippen molar-refractivity contribution in [2.24, 2.45) is 11.0 Å². The number of amides is 1. The Morgan fingerprint density at radius 2 is 1.42 bits per heavy atom. The second-order valence-electron chi connectivity index (χ2n) is 13.2. The number of aromatic nitrogens is 1. The fourth-order valence-electron chi connectivity index (χ4n) is 7.95. The fourth-order valence-corrected chi connectivity index (χ4v) is 7.95. The van der Waals surface area contributed by atoms with Crippen LogP contribution >= 0.6 is 0 Å². The van der Waals surface area contributed by atoms with Gasteiger partial charge in [-0.25, -0.2) is 5.01 Å². The van der Waals surface area contributed by atoms with E-state index in [9.17, 15) is 4.79 Å². The Hall–Kier alpha value is -5.89. The van der Waals surface area contributed by atoms with Gasteiger partial charge in [-0.3, -0.25) is 9.78 Å². The highest BCUT2D eigenvalue weighted by Gasteiger charge is 2.57. The monoisotopic (exact) mass is 689 g/mol. The molecule has 0 fully saturated rings. The number of anilines is 2. The van der Waals surface area contributed by atoms with Crippen LogP contribution < -0.4 is 19.3 Å². The van der Waals surface area contributed by atoms with Gasteiger partial charge < -0.3 is 19.3 Å². The summed E-state index contributed by atoms with van der Waals surface area (Å²) in [6.07, 6.45) is 9.97. The third-order valence-electron chi connectivity index (χ3n) is 10.6. The van der Waals surface area contributed by atoms with E-state index in [0.29, 0.717) is 28.5 Å². The molecule has 4 aromatic carbocycles. The highest BCUT2D eigenvalue weighted by molar-refractivity contribution is 6.04. The molecule has 0 saturated heterocycles. The Bertz CT molecular complexity index is 2170. The normalized spacial score (nSPS) is 15.5. The molecule has 8 nitrogen and oxygen atoms in total. The molecule has 8 rings (SSSR count). The lowest BCUT2D eigenvalue weighted by Crippen LogP contribution is -2.45. The van der Waals surface area contributed by atoms with Gasteiger partial charge in [-0.2, -0.15) is 5.10 Å². The lowest BCUT2D eigenvalue weighted by Gasteiger charge is -2.42. The molecular formula is C44H43N5O3. The van der Waals surface area contributed by atoms with Crippen LogP contribution in [0.4, 0.5) is 11.4 Å². The Labute approximate surface area is 305 Å². The second-order valence-corrected chi connectivity index (χ2v) is 13.2. The molecular weight excluding hydrogens is 647 g/mol. The van der Waals surface area contributed by atoms with Gasteiger partial charge >= 0.3 is 0 Å². The highest BCUT2D eigenvalue weighted by Crippen LogP contribution is 2.58. The quantitative estimate of drug-likeness (QED) is 0.129. The standard InChI is InChI=1S/C44H43N5O3/c1-5-47(6-2)32-22-24-36-40(27-32)52-41-28-33(48(7-3)8-4)23-25-37(41)44(36)35-20-12-11-19-34(35)43(50)49(44)46-38(30-15-9-10-16-30)29-51-39-21-13-17-31-18-14-26-45-42(31)39/h9-28,30H,5-8,29H2,1-4H3/b46-38+. The fraction of sp³-hybridized carbons (Fsp3) is 0.250. The minimum absolute atomic E-state index is 0.156. The molecule has 0 radical (unpaired) electrons. The minimum Gasteiger partial charge on any atom is -0.485 e. The predicted octanol–water partition coefficient (Wildman–Crippen LogP) is 8.96. The maximum absolute atomic E-state index is 14.9. The smallest absolute Gasteiger partial charge is 0.275 e. The molecule has 1 amide bonds. The van der Waals surface area contributed by atoms with E-state index >= 15 is 0 Å². The first-order valence-corrected chi connectivity index (χ1v) is 18.3. The van der Waals surface area contributed by atoms with Gasteiger partial charge in [0.2, 0.25) is 0 Å². The summed E-state index contributed by atoms with van der Waals surface area (Å²) in [6, 6.07) is 30.5. The van der Waals surface area contributed by atoms with Gasteiger partial charge in [-0.1, -0.05) is 72.8 Å². The lowest BCUT2D eigenvalue weighted by molar-refractivity contribution is 0.0671. The number of carbonyl (C=O) groups excluding carboxylic acids is 1. The maximum Gasteiger partial charge on any atom is 0.275 e. The van der Waals surface area contributed by atoms with Gasteiger partial charge in [0, 0.05) is 89.4 Å². The van der Waals surface area contributed by atoms with Crippen molar-refractivity contribution >= 4 is 33.9 Å². The molecule has 52 heavy (non-hydrogen) atoms. The summed E-state index contributed by atoms with van der Waals surface area (Å²) in [5, 5.41) is 8.07. The number of carbonyl (C=O) groups is 1. The van der Waals surface area contributed by atoms with Crippen LogP contribution in [-0.4, -0.2) is 54.4 Å². The first-order valence-electron chi connectivity index (χ1n) is 18.3. The van der Waals surface area contributed by atoms with Crippen LogP contribution in [0.15, 0.2) is 127 Å². The molecule has 262 valence electrons. The summed E-state index contributed by atoms with van der Waals surface area (Å²) in [5.74, 6) is 1.74. The molecule has 3 aliphatic rings. The number of allylic oxidation sites excluding steroid dienone is 4. The molecule has 8 heteroatoms. The molecule has 1 aliphatic carbocycles. The van der Waals surface area contributed by atoms with Crippen LogP contribution in [0.5, 0.6) is 17.2 Å². The number of benzene rings is 4. The molecule has 5 aromatic rings. The number of para-hydroxylation sites is 1. The number of hydrazone groups is 1. The number of rotatable bonds is 11. The molecule has 0 bridgehead atoms. The van der Waals surface area contributed by atoms with Crippen molar-refractivity contribution in [3.8, 4) is 17.2 Å². The third-order valence-corrected chi connectivity index (χ3v) is 10.6. The lowest BCUT2D eigenvalue weighted by atomic mass is 9.75. The summed E-state index contributed by atoms with van der Waals surface area (Å²) in [7, 11) is 0. The van der Waals surface area contributed by atoms with Crippen molar-refractivity contribution in [2.45, 2.75) is 33.2 Å². The highest BCUT2D eigenvalue weighted by atomic mass is 16.5. The van der Waals surface area contributed by atoms with E-state index in [1.54, 1.807) is 11.2 Å². The average Bonchev–Trinajstić information content (AvgIpc) is 3.80. The van der Waals surface area contributed by atoms with Gasteiger partial charge in [0.05, 0.1) is 5.71 Å². The van der Waals surface area contributed by atoms with Crippen molar-refractivity contribution in [1.29, 1.82) is 0 Å². The zero-order chi connectivity index (χ0) is 35.8. The van der Waals surface area contributed by atoms with Crippen molar-refractivity contribution in [3.05, 3.63) is 144 Å². The first-order chi connectivity index (χ1) is 25.5. The molecule has 3 heterocycles. The van der Waals surface area contributed by atoms with Crippen molar-refractivity contribution < 1.29 is 14.3 Å². The Morgan fingerprint density at radius 1 is 0.788 bits per heavy atom. The van der Waals surface area contributed by atoms with Gasteiger partial charge in [-0.15, -0.1) is 0 Å². The van der Waals surface area contributed by atoms with Crippen LogP contribution in [0, 0.1) is 5.92 Å². The molecule has 2 aliphatic heterocycles. The van der Waals surface area contributed by atoms with Crippen molar-refractivity contribution in [3.63, 3.8) is 0 Å². The Balaban J connectivity index is 1.35. The van der Waals surface area contributed by atoms with Gasteiger partial charge in [-0.05, 0) is 58.0 Å². The number of ether oxygens (including phenoxy) is 2. The van der Waals surface area contributed by atoms with E-state index in [4.69, 9.17) is 14.6 Å². The van der Waals surface area contributed by atoms with Gasteiger partial charge in [0.1, 0.15) is 34.9 Å². The molecule has 0 saturated carbocycles. The van der Waals surface area contributed by atoms with E-state index in [2.05, 4.69) is 97.1 Å². The van der Waals surface area contributed by atoms with E-state index < -0.39 is 5.54 Å². The third kappa shape index (κ3) is 5.32. The topological polar surface area (TPSA) is 70.5 Å². The summed E-state index contributed by atoms with van der Waals surface area (Å²) < 4.78 is 13.4. The van der Waals surface area contributed by atoms with Crippen LogP contribution in [0.25, 0.3) is 10.9 Å². The SMILES string of the molecule is CCN(CC)c1ccc2c(c1)Oc1cc(N(CC)CC)ccc1C21c2ccccc2C(=O)N1/N=C(\COc1cccc2cccnc12)C1C=CC=C1. The van der Waals surface area contributed by atoms with E-state index in [-0.39, 0.29) is 18.4 Å². The zero-order valence-corrected chi connectivity index (χ0v) is 30.1. The zero-order valence-electron chi connectivity index (χ0n) is 30.1. The first kappa shape index (κ1) is 33.3. The molecule has 1 aromatic heterocycles. The molecule has 0 unspecified atom stereocenters. The van der Waals surface area contributed by atoms with Crippen molar-refractivity contribution in [2.75, 3.05) is 42.6 Å². The van der Waals surface area contributed by atoms with E-state index in [1.807, 2.05) is 60.7 Å². The van der Waals surface area contributed by atoms with Gasteiger partial charge in [0.15, 0.2) is 0 Å². The summed E-state index contributed by atoms with van der Waals surface area (Å²) in [6.45, 7) is 12.2. The predicted molar refractivity (Wildman–Crippen MR) is 209 cm³/mol. The second kappa shape index (κ2) is 13.7. The van der Waals surface area contributed by atoms with Crippen LogP contribution in [0.1, 0.15) is 54.7 Å². The van der Waals surface area contributed by atoms with Crippen LogP contribution in [0.2, 0.25) is 0 Å². The number of nitrogens with zero attached hydrogens (tertiary/aromatic N) is 5. The van der Waals surface area contributed by atoms with E-state index in [0.717, 1.165) is 65.1 Å². The van der Waals surface area contributed by atoms with E-state index in [1.165, 1.54) is 0 Å². The Morgan fingerprint density at radius 3 is 2.08 bits per heavy atom. The summed E-state index contributed by atoms with van der Waals surface area (Å²) in [5.41, 5.74) is 5.73. The van der Waals surface area contributed by atoms with Gasteiger partial charge in [0.25, 0.3) is 5.91 Å². The minimum atomic E-state index is -1.10. The largest absolute Gasteiger partial charge is 0.485 e. The number of hydrogen-bond acceptors (Lipinski definition) is 7. The number of fused-ring (bicyclic) bond motifs is 7. The maximum atomic E-state index is 14.9. The average molecular weight is 690 g/mol. The summed E-state index contributed by atoms with van der Waals surface area (Å²) in [4.78, 5) is 24.1. The van der Waals surface area contributed by atoms with Crippen molar-refractivity contribution in [1.82, 2.24) is 9.99 Å². The number of hydrogen-bond donors (Lipinski definition) is 0. The molecule has 1 spiro atoms.